The molecule has 5 heteroatoms. The Morgan fingerprint density at radius 1 is 1.38 bits per heavy atom. The van der Waals surface area contributed by atoms with Gasteiger partial charge in [0.1, 0.15) is 6.04 Å². The number of carbonyl (C=O) groups excluding carboxylic acids is 1. The van der Waals surface area contributed by atoms with Gasteiger partial charge in [-0.3, -0.25) is 10.1 Å². The summed E-state index contributed by atoms with van der Waals surface area (Å²) in [4.78, 5) is 11.4. The van der Waals surface area contributed by atoms with Gasteiger partial charge in [0.25, 0.3) is 0 Å². The second-order valence-electron chi connectivity index (χ2n) is 3.91. The van der Waals surface area contributed by atoms with Gasteiger partial charge in [0, 0.05) is 21.7 Å². The van der Waals surface area contributed by atoms with Gasteiger partial charge in [-0.05, 0) is 25.0 Å². The summed E-state index contributed by atoms with van der Waals surface area (Å²) in [6.45, 7) is 0. The quantitative estimate of drug-likeness (QED) is 0.871. The van der Waals surface area contributed by atoms with Gasteiger partial charge in [-0.25, -0.2) is 0 Å². The molecule has 1 aliphatic rings. The molecule has 0 radical (unpaired) electrons. The molecular formula is C11H12Cl2N2O. The molecule has 2 rings (SSSR count). The zero-order valence-corrected chi connectivity index (χ0v) is 10.1. The SMILES string of the molecule is NC(=O)C(NC1CC1)c1c(Cl)cccc1Cl. The zero-order valence-electron chi connectivity index (χ0n) is 8.54. The summed E-state index contributed by atoms with van der Waals surface area (Å²) in [7, 11) is 0. The molecule has 0 spiro atoms. The summed E-state index contributed by atoms with van der Waals surface area (Å²) in [5.41, 5.74) is 5.94. The molecule has 1 fully saturated rings. The maximum absolute atomic E-state index is 11.4. The van der Waals surface area contributed by atoms with Gasteiger partial charge in [0.05, 0.1) is 0 Å². The largest absolute Gasteiger partial charge is 0.368 e. The average molecular weight is 259 g/mol. The second-order valence-corrected chi connectivity index (χ2v) is 4.73. The van der Waals surface area contributed by atoms with Crippen molar-refractivity contribution in [3.05, 3.63) is 33.8 Å². The first kappa shape index (κ1) is 11.7. The molecule has 3 N–H and O–H groups in total. The minimum atomic E-state index is -0.603. The second kappa shape index (κ2) is 4.62. The number of carbonyl (C=O) groups is 1. The van der Waals surface area contributed by atoms with Crippen LogP contribution >= 0.6 is 23.2 Å². The number of hydrogen-bond acceptors (Lipinski definition) is 2. The highest BCUT2D eigenvalue weighted by atomic mass is 35.5. The van der Waals surface area contributed by atoms with Gasteiger partial charge >= 0.3 is 0 Å². The molecule has 0 saturated heterocycles. The summed E-state index contributed by atoms with van der Waals surface area (Å²) in [5, 5.41) is 4.07. The molecule has 0 heterocycles. The molecule has 3 nitrogen and oxygen atoms in total. The van der Waals surface area contributed by atoms with Crippen LogP contribution in [0.4, 0.5) is 0 Å². The molecule has 1 amide bonds. The van der Waals surface area contributed by atoms with Crippen LogP contribution in [0.1, 0.15) is 24.4 Å². The van der Waals surface area contributed by atoms with E-state index in [-0.39, 0.29) is 0 Å². The molecule has 1 unspecified atom stereocenters. The average Bonchev–Trinajstić information content (AvgIpc) is 2.99. The Morgan fingerprint density at radius 3 is 2.38 bits per heavy atom. The Kier molecular flexibility index (Phi) is 3.38. The fraction of sp³-hybridized carbons (Fsp3) is 0.364. The van der Waals surface area contributed by atoms with Gasteiger partial charge in [-0.15, -0.1) is 0 Å². The van der Waals surface area contributed by atoms with E-state index < -0.39 is 11.9 Å². The molecule has 86 valence electrons. The predicted octanol–water partition coefficient (Wildman–Crippen LogP) is 2.27. The van der Waals surface area contributed by atoms with Crippen LogP contribution in [0.15, 0.2) is 18.2 Å². The lowest BCUT2D eigenvalue weighted by Crippen LogP contribution is -2.35. The van der Waals surface area contributed by atoms with Crippen molar-refractivity contribution in [2.75, 3.05) is 0 Å². The third-order valence-electron chi connectivity index (χ3n) is 2.55. The Morgan fingerprint density at radius 2 is 1.94 bits per heavy atom. The number of rotatable bonds is 4. The first-order valence-corrected chi connectivity index (χ1v) is 5.84. The summed E-state index contributed by atoms with van der Waals surface area (Å²) in [5.74, 6) is -0.457. The van der Waals surface area contributed by atoms with Crippen molar-refractivity contribution in [3.63, 3.8) is 0 Å². The maximum Gasteiger partial charge on any atom is 0.239 e. The van der Waals surface area contributed by atoms with Gasteiger partial charge in [0.15, 0.2) is 0 Å². The zero-order chi connectivity index (χ0) is 11.7. The van der Waals surface area contributed by atoms with E-state index in [0.717, 1.165) is 12.8 Å². The molecule has 0 aromatic heterocycles. The van der Waals surface area contributed by atoms with Crippen LogP contribution in [-0.4, -0.2) is 11.9 Å². The van der Waals surface area contributed by atoms with Crippen molar-refractivity contribution in [2.24, 2.45) is 5.73 Å². The van der Waals surface area contributed by atoms with E-state index in [1.165, 1.54) is 0 Å². The van der Waals surface area contributed by atoms with Crippen LogP contribution < -0.4 is 11.1 Å². The fourth-order valence-corrected chi connectivity index (χ4v) is 2.20. The monoisotopic (exact) mass is 258 g/mol. The molecular weight excluding hydrogens is 247 g/mol. The molecule has 1 atom stereocenters. The van der Waals surface area contributed by atoms with E-state index in [1.807, 2.05) is 0 Å². The van der Waals surface area contributed by atoms with Crippen LogP contribution in [-0.2, 0) is 4.79 Å². The van der Waals surface area contributed by atoms with Crippen molar-refractivity contribution < 1.29 is 4.79 Å². The van der Waals surface area contributed by atoms with Crippen molar-refractivity contribution in [1.29, 1.82) is 0 Å². The smallest absolute Gasteiger partial charge is 0.239 e. The van der Waals surface area contributed by atoms with E-state index in [9.17, 15) is 4.79 Å². The topological polar surface area (TPSA) is 55.1 Å². The number of primary amides is 1. The molecule has 1 aromatic rings. The van der Waals surface area contributed by atoms with E-state index in [0.29, 0.717) is 21.7 Å². The van der Waals surface area contributed by atoms with Crippen LogP contribution in [0.3, 0.4) is 0 Å². The molecule has 0 aliphatic heterocycles. The van der Waals surface area contributed by atoms with Gasteiger partial charge in [0.2, 0.25) is 5.91 Å². The first-order chi connectivity index (χ1) is 7.59. The normalized spacial score (nSPS) is 17.1. The fourth-order valence-electron chi connectivity index (χ4n) is 1.58. The lowest BCUT2D eigenvalue weighted by molar-refractivity contribution is -0.120. The van der Waals surface area contributed by atoms with E-state index in [1.54, 1.807) is 18.2 Å². The number of halogens is 2. The van der Waals surface area contributed by atoms with Gasteiger partial charge in [-0.1, -0.05) is 29.3 Å². The Hall–Kier alpha value is -0.770. The Balaban J connectivity index is 2.33. The Labute approximate surface area is 104 Å². The highest BCUT2D eigenvalue weighted by Crippen LogP contribution is 2.32. The number of amides is 1. The Bertz CT molecular complexity index is 398. The number of hydrogen-bond donors (Lipinski definition) is 2. The highest BCUT2D eigenvalue weighted by molar-refractivity contribution is 6.36. The highest BCUT2D eigenvalue weighted by Gasteiger charge is 2.30. The van der Waals surface area contributed by atoms with Crippen molar-refractivity contribution in [3.8, 4) is 0 Å². The van der Waals surface area contributed by atoms with Crippen LogP contribution in [0.5, 0.6) is 0 Å². The van der Waals surface area contributed by atoms with Gasteiger partial charge < -0.3 is 5.73 Å². The van der Waals surface area contributed by atoms with E-state index in [2.05, 4.69) is 5.32 Å². The minimum Gasteiger partial charge on any atom is -0.368 e. The van der Waals surface area contributed by atoms with Crippen LogP contribution in [0.2, 0.25) is 10.0 Å². The minimum absolute atomic E-state index is 0.352. The number of nitrogens with two attached hydrogens (primary N) is 1. The molecule has 16 heavy (non-hydrogen) atoms. The van der Waals surface area contributed by atoms with E-state index in [4.69, 9.17) is 28.9 Å². The van der Waals surface area contributed by atoms with Crippen LogP contribution in [0, 0.1) is 0 Å². The lowest BCUT2D eigenvalue weighted by Gasteiger charge is -2.18. The van der Waals surface area contributed by atoms with E-state index >= 15 is 0 Å². The summed E-state index contributed by atoms with van der Waals surface area (Å²) in [6, 6.07) is 4.89. The standard InChI is InChI=1S/C11H12Cl2N2O/c12-7-2-1-3-8(13)9(7)10(11(14)16)15-6-4-5-6/h1-3,6,10,15H,4-5H2,(H2,14,16). The first-order valence-electron chi connectivity index (χ1n) is 5.09. The predicted molar refractivity (Wildman–Crippen MR) is 64.6 cm³/mol. The maximum atomic E-state index is 11.4. The lowest BCUT2D eigenvalue weighted by atomic mass is 10.1. The third kappa shape index (κ3) is 2.48. The summed E-state index contributed by atoms with van der Waals surface area (Å²) >= 11 is 12.1. The third-order valence-corrected chi connectivity index (χ3v) is 3.21. The van der Waals surface area contributed by atoms with Crippen molar-refractivity contribution in [2.45, 2.75) is 24.9 Å². The molecule has 1 aliphatic carbocycles. The van der Waals surface area contributed by atoms with Crippen LogP contribution in [0.25, 0.3) is 0 Å². The number of nitrogens with one attached hydrogen (secondary N) is 1. The van der Waals surface area contributed by atoms with Gasteiger partial charge in [-0.2, -0.15) is 0 Å². The molecule has 1 aromatic carbocycles. The summed E-state index contributed by atoms with van der Waals surface area (Å²) < 4.78 is 0. The molecule has 0 bridgehead atoms. The van der Waals surface area contributed by atoms with Crippen molar-refractivity contribution in [1.82, 2.24) is 5.32 Å². The van der Waals surface area contributed by atoms with Crippen molar-refractivity contribution >= 4 is 29.1 Å². The summed E-state index contributed by atoms with van der Waals surface area (Å²) in [6.07, 6.45) is 2.12. The molecule has 1 saturated carbocycles. The number of benzene rings is 1.